The fourth-order valence-corrected chi connectivity index (χ4v) is 3.21. The average Bonchev–Trinajstić information content (AvgIpc) is 2.26. The summed E-state index contributed by atoms with van der Waals surface area (Å²) < 4.78 is 28.8. The van der Waals surface area contributed by atoms with E-state index < -0.39 is 10.2 Å². The Morgan fingerprint density at radius 3 is 2.20 bits per heavy atom. The van der Waals surface area contributed by atoms with Crippen LogP contribution < -0.4 is 10.0 Å². The first kappa shape index (κ1) is 19.8. The second-order valence-corrected chi connectivity index (χ2v) is 7.80. The van der Waals surface area contributed by atoms with Crippen molar-refractivity contribution in [3.63, 3.8) is 0 Å². The maximum absolute atomic E-state index is 12.3. The molecule has 0 heterocycles. The summed E-state index contributed by atoms with van der Waals surface area (Å²) in [7, 11) is 4.00. The van der Waals surface area contributed by atoms with Crippen LogP contribution in [0.4, 0.5) is 0 Å². The fraction of sp³-hybridized carbons (Fsp3) is 1.00. The van der Waals surface area contributed by atoms with Crippen LogP contribution in [0.5, 0.6) is 0 Å². The van der Waals surface area contributed by atoms with Gasteiger partial charge in [0, 0.05) is 26.2 Å². The van der Waals surface area contributed by atoms with Gasteiger partial charge in [-0.25, -0.2) is 0 Å². The van der Waals surface area contributed by atoms with Gasteiger partial charge < -0.3 is 10.2 Å². The third-order valence-electron chi connectivity index (χ3n) is 2.97. The second kappa shape index (κ2) is 9.68. The molecule has 1 atom stereocenters. The first-order valence-electron chi connectivity index (χ1n) is 7.22. The molecule has 0 aromatic carbocycles. The summed E-state index contributed by atoms with van der Waals surface area (Å²) in [5.74, 6) is 0.456. The molecule has 1 unspecified atom stereocenters. The molecule has 6 nitrogen and oxygen atoms in total. The van der Waals surface area contributed by atoms with Crippen molar-refractivity contribution < 1.29 is 8.42 Å². The Hall–Kier alpha value is -0.210. The molecule has 0 amide bonds. The van der Waals surface area contributed by atoms with Gasteiger partial charge in [0.2, 0.25) is 0 Å². The van der Waals surface area contributed by atoms with Gasteiger partial charge in [0.1, 0.15) is 0 Å². The number of hydrogen-bond acceptors (Lipinski definition) is 4. The lowest BCUT2D eigenvalue weighted by atomic mass is 10.0. The van der Waals surface area contributed by atoms with Crippen molar-refractivity contribution in [1.82, 2.24) is 19.2 Å². The number of nitrogens with one attached hydrogen (secondary N) is 2. The summed E-state index contributed by atoms with van der Waals surface area (Å²) in [5, 5.41) is 3.02. The first-order valence-corrected chi connectivity index (χ1v) is 8.66. The summed E-state index contributed by atoms with van der Waals surface area (Å²) in [6.07, 6.45) is 1.64. The van der Waals surface area contributed by atoms with Crippen LogP contribution in [-0.4, -0.2) is 71.5 Å². The zero-order chi connectivity index (χ0) is 15.8. The van der Waals surface area contributed by atoms with Crippen LogP contribution in [0.25, 0.3) is 0 Å². The van der Waals surface area contributed by atoms with Crippen molar-refractivity contribution in [2.45, 2.75) is 32.7 Å². The minimum Gasteiger partial charge on any atom is -0.320 e. The van der Waals surface area contributed by atoms with E-state index in [1.54, 1.807) is 7.05 Å². The summed E-state index contributed by atoms with van der Waals surface area (Å²) in [4.78, 5) is 2.01. The average molecular weight is 308 g/mol. The number of hydrogen-bond donors (Lipinski definition) is 2. The Labute approximate surface area is 125 Å². The quantitative estimate of drug-likeness (QED) is 0.540. The van der Waals surface area contributed by atoms with Crippen LogP contribution in [0.15, 0.2) is 0 Å². The van der Waals surface area contributed by atoms with Crippen LogP contribution in [0.2, 0.25) is 0 Å². The second-order valence-electron chi connectivity index (χ2n) is 5.99. The van der Waals surface area contributed by atoms with E-state index in [1.165, 1.54) is 4.31 Å². The van der Waals surface area contributed by atoms with Crippen molar-refractivity contribution in [2.24, 2.45) is 5.92 Å². The van der Waals surface area contributed by atoms with Crippen molar-refractivity contribution in [2.75, 3.05) is 47.8 Å². The summed E-state index contributed by atoms with van der Waals surface area (Å²) in [5.41, 5.74) is 0. The largest absolute Gasteiger partial charge is 0.320 e. The predicted octanol–water partition coefficient (Wildman–Crippen LogP) is 0.338. The summed E-state index contributed by atoms with van der Waals surface area (Å²) in [6.45, 7) is 6.25. The molecule has 0 fully saturated rings. The van der Waals surface area contributed by atoms with Gasteiger partial charge in [-0.3, -0.25) is 0 Å². The van der Waals surface area contributed by atoms with E-state index in [0.717, 1.165) is 19.4 Å². The van der Waals surface area contributed by atoms with Crippen molar-refractivity contribution in [1.29, 1.82) is 0 Å². The van der Waals surface area contributed by atoms with Gasteiger partial charge in [-0.1, -0.05) is 13.8 Å². The topological polar surface area (TPSA) is 64.7 Å². The van der Waals surface area contributed by atoms with Gasteiger partial charge >= 0.3 is 0 Å². The lowest BCUT2D eigenvalue weighted by Gasteiger charge is -2.26. The minimum atomic E-state index is -3.40. The van der Waals surface area contributed by atoms with Crippen LogP contribution in [0.3, 0.4) is 0 Å². The molecule has 7 heteroatoms. The Kier molecular flexibility index (Phi) is 9.58. The zero-order valence-electron chi connectivity index (χ0n) is 13.8. The van der Waals surface area contributed by atoms with Crippen molar-refractivity contribution in [3.05, 3.63) is 0 Å². The van der Waals surface area contributed by atoms with E-state index in [-0.39, 0.29) is 6.04 Å². The van der Waals surface area contributed by atoms with Crippen molar-refractivity contribution >= 4 is 10.2 Å². The van der Waals surface area contributed by atoms with Gasteiger partial charge in [0.05, 0.1) is 0 Å². The Morgan fingerprint density at radius 1 is 1.15 bits per heavy atom. The number of likely N-dealkylation sites (N-methyl/N-ethyl adjacent to an activating group) is 1. The van der Waals surface area contributed by atoms with Gasteiger partial charge in [-0.05, 0) is 46.4 Å². The Bertz CT molecular complexity index is 334. The third kappa shape index (κ3) is 8.86. The molecule has 0 aromatic rings. The van der Waals surface area contributed by atoms with E-state index in [0.29, 0.717) is 19.0 Å². The Balaban J connectivity index is 4.56. The molecule has 0 saturated heterocycles. The molecule has 0 radical (unpaired) electrons. The highest BCUT2D eigenvalue weighted by Crippen LogP contribution is 2.08. The lowest BCUT2D eigenvalue weighted by molar-refractivity contribution is 0.323. The molecule has 0 saturated carbocycles. The van der Waals surface area contributed by atoms with E-state index in [4.69, 9.17) is 0 Å². The summed E-state index contributed by atoms with van der Waals surface area (Å²) in [6, 6.07) is -0.0539. The van der Waals surface area contributed by atoms with E-state index >= 15 is 0 Å². The monoisotopic (exact) mass is 308 g/mol. The van der Waals surface area contributed by atoms with Gasteiger partial charge in [-0.15, -0.1) is 0 Å². The van der Waals surface area contributed by atoms with E-state index in [9.17, 15) is 8.42 Å². The first-order chi connectivity index (χ1) is 9.19. The van der Waals surface area contributed by atoms with E-state index in [1.807, 2.05) is 26.0 Å². The lowest BCUT2D eigenvalue weighted by Crippen LogP contribution is -2.48. The van der Waals surface area contributed by atoms with Gasteiger partial charge in [0.15, 0.2) is 0 Å². The highest BCUT2D eigenvalue weighted by molar-refractivity contribution is 7.87. The van der Waals surface area contributed by atoms with E-state index in [2.05, 4.69) is 23.9 Å². The molecule has 0 aliphatic heterocycles. The van der Waals surface area contributed by atoms with Gasteiger partial charge in [0.25, 0.3) is 10.2 Å². The molecule has 20 heavy (non-hydrogen) atoms. The SMILES string of the molecule is CNCCCN(C)S(=O)(=O)NC(CC(C)C)CN(C)C. The fourth-order valence-electron chi connectivity index (χ4n) is 2.07. The Morgan fingerprint density at radius 2 is 1.75 bits per heavy atom. The predicted molar refractivity (Wildman–Crippen MR) is 85.0 cm³/mol. The normalized spacial score (nSPS) is 14.4. The van der Waals surface area contributed by atoms with Gasteiger partial charge in [-0.2, -0.15) is 17.4 Å². The third-order valence-corrected chi connectivity index (χ3v) is 4.60. The molecule has 0 spiro atoms. The van der Waals surface area contributed by atoms with Crippen LogP contribution in [-0.2, 0) is 10.2 Å². The maximum atomic E-state index is 12.3. The molecular formula is C13H32N4O2S. The molecule has 122 valence electrons. The van der Waals surface area contributed by atoms with Crippen LogP contribution in [0, 0.1) is 5.92 Å². The number of rotatable bonds is 11. The molecular weight excluding hydrogens is 276 g/mol. The minimum absolute atomic E-state index is 0.0539. The molecule has 0 aliphatic carbocycles. The van der Waals surface area contributed by atoms with Crippen LogP contribution in [0.1, 0.15) is 26.7 Å². The van der Waals surface area contributed by atoms with Crippen molar-refractivity contribution in [3.8, 4) is 0 Å². The maximum Gasteiger partial charge on any atom is 0.279 e. The standard InChI is InChI=1S/C13H32N4O2S/c1-12(2)10-13(11-16(4)5)15-20(18,19)17(6)9-7-8-14-3/h12-15H,7-11H2,1-6H3. The highest BCUT2D eigenvalue weighted by Gasteiger charge is 2.23. The zero-order valence-corrected chi connectivity index (χ0v) is 14.6. The molecule has 0 aliphatic rings. The molecule has 0 rings (SSSR count). The van der Waals surface area contributed by atoms with Crippen LogP contribution >= 0.6 is 0 Å². The number of nitrogens with zero attached hydrogens (tertiary/aromatic N) is 2. The molecule has 0 bridgehead atoms. The summed E-state index contributed by atoms with van der Waals surface area (Å²) >= 11 is 0. The smallest absolute Gasteiger partial charge is 0.279 e. The molecule has 2 N–H and O–H groups in total. The molecule has 0 aromatic heterocycles. The highest BCUT2D eigenvalue weighted by atomic mass is 32.2.